The van der Waals surface area contributed by atoms with E-state index in [0.29, 0.717) is 17.1 Å². The molecule has 1 rings (SSSR count). The van der Waals surface area contributed by atoms with Gasteiger partial charge in [-0.15, -0.1) is 0 Å². The summed E-state index contributed by atoms with van der Waals surface area (Å²) < 4.78 is 0. The fourth-order valence-electron chi connectivity index (χ4n) is 1.65. The highest BCUT2D eigenvalue weighted by atomic mass is 35.5. The van der Waals surface area contributed by atoms with E-state index >= 15 is 0 Å². The maximum absolute atomic E-state index is 11.1. The average Bonchev–Trinajstić information content (AvgIpc) is 2.34. The summed E-state index contributed by atoms with van der Waals surface area (Å²) in [5, 5.41) is 9.25. The third-order valence-electron chi connectivity index (χ3n) is 2.55. The van der Waals surface area contributed by atoms with Gasteiger partial charge in [-0.25, -0.2) is 0 Å². The molecule has 0 aliphatic carbocycles. The molecule has 0 saturated carbocycles. The van der Waals surface area contributed by atoms with Crippen LogP contribution in [0.1, 0.15) is 25.3 Å². The number of hydrogen-bond donors (Lipinski definition) is 1. The predicted molar refractivity (Wildman–Crippen MR) is 72.5 cm³/mol. The quantitative estimate of drug-likeness (QED) is 0.858. The number of nitrogens with zero attached hydrogens (tertiary/aromatic N) is 2. The van der Waals surface area contributed by atoms with Crippen LogP contribution in [0.4, 0.5) is 5.69 Å². The van der Waals surface area contributed by atoms with Crippen molar-refractivity contribution in [1.29, 1.82) is 5.26 Å². The first-order valence-corrected chi connectivity index (χ1v) is 6.19. The van der Waals surface area contributed by atoms with E-state index in [1.54, 1.807) is 18.2 Å². The SMILES string of the molecule is CCCCN(CC(N)=O)c1ccc(C#N)cc1Cl. The fraction of sp³-hybridized carbons (Fsp3) is 0.385. The van der Waals surface area contributed by atoms with Crippen LogP contribution in [-0.4, -0.2) is 19.0 Å². The fourth-order valence-corrected chi connectivity index (χ4v) is 1.95. The van der Waals surface area contributed by atoms with Gasteiger partial charge in [0.2, 0.25) is 5.91 Å². The molecule has 0 heterocycles. The molecule has 0 aliphatic rings. The van der Waals surface area contributed by atoms with E-state index in [4.69, 9.17) is 22.6 Å². The van der Waals surface area contributed by atoms with Gasteiger partial charge in [0.1, 0.15) is 0 Å². The molecular formula is C13H16ClN3O. The topological polar surface area (TPSA) is 70.1 Å². The minimum Gasteiger partial charge on any atom is -0.368 e. The summed E-state index contributed by atoms with van der Waals surface area (Å²) in [6.07, 6.45) is 1.97. The van der Waals surface area contributed by atoms with Gasteiger partial charge < -0.3 is 10.6 Å². The van der Waals surface area contributed by atoms with Crippen molar-refractivity contribution in [2.75, 3.05) is 18.0 Å². The maximum Gasteiger partial charge on any atom is 0.236 e. The number of anilines is 1. The molecule has 1 amide bonds. The summed E-state index contributed by atoms with van der Waals surface area (Å²) in [7, 11) is 0. The van der Waals surface area contributed by atoms with Gasteiger partial charge in [0.15, 0.2) is 0 Å². The Morgan fingerprint density at radius 2 is 2.28 bits per heavy atom. The Morgan fingerprint density at radius 3 is 2.78 bits per heavy atom. The molecule has 18 heavy (non-hydrogen) atoms. The Bertz CT molecular complexity index is 468. The largest absolute Gasteiger partial charge is 0.368 e. The second kappa shape index (κ2) is 6.87. The number of primary amides is 1. The van der Waals surface area contributed by atoms with E-state index < -0.39 is 5.91 Å². The van der Waals surface area contributed by atoms with Crippen LogP contribution in [0.25, 0.3) is 0 Å². The molecule has 0 unspecified atom stereocenters. The Labute approximate surface area is 112 Å². The van der Waals surface area contributed by atoms with Crippen LogP contribution in [0.3, 0.4) is 0 Å². The smallest absolute Gasteiger partial charge is 0.236 e. The first-order chi connectivity index (χ1) is 8.58. The third-order valence-corrected chi connectivity index (χ3v) is 2.85. The normalized spacial score (nSPS) is 9.83. The van der Waals surface area contributed by atoms with E-state index in [0.717, 1.165) is 18.5 Å². The van der Waals surface area contributed by atoms with Crippen molar-refractivity contribution in [3.8, 4) is 6.07 Å². The molecule has 0 bridgehead atoms. The standard InChI is InChI=1S/C13H16ClN3O/c1-2-3-6-17(9-13(16)18)12-5-4-10(8-15)7-11(12)14/h4-5,7H,2-3,6,9H2,1H3,(H2,16,18). The number of carbonyl (C=O) groups is 1. The molecule has 96 valence electrons. The van der Waals surface area contributed by atoms with Gasteiger partial charge in [0.05, 0.1) is 28.9 Å². The molecule has 1 aromatic carbocycles. The van der Waals surface area contributed by atoms with Crippen molar-refractivity contribution in [1.82, 2.24) is 0 Å². The number of nitrogens with two attached hydrogens (primary N) is 1. The number of amides is 1. The van der Waals surface area contributed by atoms with Crippen molar-refractivity contribution < 1.29 is 4.79 Å². The van der Waals surface area contributed by atoms with Crippen LogP contribution in [0.2, 0.25) is 5.02 Å². The van der Waals surface area contributed by atoms with Crippen molar-refractivity contribution in [3.05, 3.63) is 28.8 Å². The van der Waals surface area contributed by atoms with Crippen LogP contribution in [-0.2, 0) is 4.79 Å². The van der Waals surface area contributed by atoms with Crippen molar-refractivity contribution in [2.24, 2.45) is 5.73 Å². The van der Waals surface area contributed by atoms with Crippen molar-refractivity contribution >= 4 is 23.2 Å². The Morgan fingerprint density at radius 1 is 1.56 bits per heavy atom. The lowest BCUT2D eigenvalue weighted by atomic mass is 10.2. The highest BCUT2D eigenvalue weighted by molar-refractivity contribution is 6.33. The summed E-state index contributed by atoms with van der Waals surface area (Å²) in [4.78, 5) is 12.9. The molecule has 0 saturated heterocycles. The lowest BCUT2D eigenvalue weighted by Crippen LogP contribution is -2.34. The summed E-state index contributed by atoms with van der Waals surface area (Å²) >= 11 is 6.12. The number of hydrogen-bond acceptors (Lipinski definition) is 3. The number of unbranched alkanes of at least 4 members (excludes halogenated alkanes) is 1. The molecular weight excluding hydrogens is 250 g/mol. The van der Waals surface area contributed by atoms with Crippen molar-refractivity contribution in [2.45, 2.75) is 19.8 Å². The van der Waals surface area contributed by atoms with Crippen LogP contribution < -0.4 is 10.6 Å². The average molecular weight is 266 g/mol. The molecule has 0 aromatic heterocycles. The predicted octanol–water partition coefficient (Wildman–Crippen LogP) is 2.30. The van der Waals surface area contributed by atoms with Gasteiger partial charge in [-0.05, 0) is 24.6 Å². The molecule has 5 heteroatoms. The van der Waals surface area contributed by atoms with E-state index in [-0.39, 0.29) is 6.54 Å². The lowest BCUT2D eigenvalue weighted by Gasteiger charge is -2.24. The minimum atomic E-state index is -0.397. The van der Waals surface area contributed by atoms with Crippen LogP contribution in [0.5, 0.6) is 0 Å². The molecule has 4 nitrogen and oxygen atoms in total. The zero-order valence-electron chi connectivity index (χ0n) is 10.3. The van der Waals surface area contributed by atoms with E-state index in [9.17, 15) is 4.79 Å². The molecule has 0 fully saturated rings. The summed E-state index contributed by atoms with van der Waals surface area (Å²) in [5.41, 5.74) is 6.47. The van der Waals surface area contributed by atoms with Gasteiger partial charge in [-0.2, -0.15) is 5.26 Å². The Kier molecular flexibility index (Phi) is 5.47. The third kappa shape index (κ3) is 3.94. The highest BCUT2D eigenvalue weighted by Gasteiger charge is 2.12. The highest BCUT2D eigenvalue weighted by Crippen LogP contribution is 2.26. The summed E-state index contributed by atoms with van der Waals surface area (Å²) in [6.45, 7) is 2.92. The van der Waals surface area contributed by atoms with E-state index in [1.807, 2.05) is 11.0 Å². The van der Waals surface area contributed by atoms with Gasteiger partial charge in [-0.1, -0.05) is 24.9 Å². The van der Waals surface area contributed by atoms with Crippen LogP contribution in [0, 0.1) is 11.3 Å². The number of carbonyl (C=O) groups excluding carboxylic acids is 1. The summed E-state index contributed by atoms with van der Waals surface area (Å²) in [5.74, 6) is -0.397. The number of rotatable bonds is 6. The van der Waals surface area contributed by atoms with Crippen LogP contribution in [0.15, 0.2) is 18.2 Å². The number of nitriles is 1. The summed E-state index contributed by atoms with van der Waals surface area (Å²) in [6, 6.07) is 7.05. The molecule has 0 atom stereocenters. The second-order valence-electron chi connectivity index (χ2n) is 4.02. The Balaban J connectivity index is 2.97. The van der Waals surface area contributed by atoms with E-state index in [2.05, 4.69) is 6.92 Å². The van der Waals surface area contributed by atoms with E-state index in [1.165, 1.54) is 0 Å². The number of benzene rings is 1. The molecule has 0 aliphatic heterocycles. The van der Waals surface area contributed by atoms with Crippen molar-refractivity contribution in [3.63, 3.8) is 0 Å². The Hall–Kier alpha value is -1.73. The molecule has 0 radical (unpaired) electrons. The van der Waals surface area contributed by atoms with Gasteiger partial charge >= 0.3 is 0 Å². The maximum atomic E-state index is 11.1. The molecule has 0 spiro atoms. The van der Waals surface area contributed by atoms with Gasteiger partial charge in [-0.3, -0.25) is 4.79 Å². The first-order valence-electron chi connectivity index (χ1n) is 5.81. The monoisotopic (exact) mass is 265 g/mol. The van der Waals surface area contributed by atoms with Gasteiger partial charge in [0.25, 0.3) is 0 Å². The zero-order chi connectivity index (χ0) is 13.5. The lowest BCUT2D eigenvalue weighted by molar-refractivity contribution is -0.116. The first kappa shape index (κ1) is 14.3. The second-order valence-corrected chi connectivity index (χ2v) is 4.43. The number of halogens is 1. The molecule has 1 aromatic rings. The van der Waals surface area contributed by atoms with Crippen LogP contribution >= 0.6 is 11.6 Å². The minimum absolute atomic E-state index is 0.131. The van der Waals surface area contributed by atoms with Gasteiger partial charge in [0, 0.05) is 6.54 Å². The molecule has 2 N–H and O–H groups in total. The zero-order valence-corrected chi connectivity index (χ0v) is 11.1.